The van der Waals surface area contributed by atoms with Crippen molar-refractivity contribution in [2.75, 3.05) is 23.8 Å². The number of benzene rings is 1. The van der Waals surface area contributed by atoms with Crippen LogP contribution in [0.2, 0.25) is 0 Å². The third-order valence-electron chi connectivity index (χ3n) is 5.47. The zero-order valence-electron chi connectivity index (χ0n) is 14.8. The van der Waals surface area contributed by atoms with E-state index < -0.39 is 12.0 Å². The van der Waals surface area contributed by atoms with Crippen LogP contribution in [0.4, 0.5) is 5.69 Å². The van der Waals surface area contributed by atoms with E-state index in [-0.39, 0.29) is 23.3 Å². The first-order valence-electron chi connectivity index (χ1n) is 9.01. The highest BCUT2D eigenvalue weighted by molar-refractivity contribution is 8.01. The van der Waals surface area contributed by atoms with Gasteiger partial charge in [0, 0.05) is 24.4 Å². The first-order valence-corrected chi connectivity index (χ1v) is 9.99. The number of aryl methyl sites for hydroxylation is 1. The number of nitrogens with zero attached hydrogens (tertiary/aromatic N) is 2. The summed E-state index contributed by atoms with van der Waals surface area (Å²) in [7, 11) is 0. The zero-order valence-corrected chi connectivity index (χ0v) is 15.6. The minimum absolute atomic E-state index is 0.00395. The quantitative estimate of drug-likeness (QED) is 0.757. The number of carbonyl (C=O) groups is 3. The highest BCUT2D eigenvalue weighted by Gasteiger charge is 2.53. The van der Waals surface area contributed by atoms with Crippen molar-refractivity contribution in [3.8, 4) is 0 Å². The standard InChI is InChI=1S/C19H22N2O4S/c1-19-9-8-16(22)21(19)15(12-26-19)18(24)25-11-17(23)20-10-4-6-13-5-2-3-7-14(13)20/h2-3,5,7,15H,4,6,8-12H2,1H3/t15-,19+/m1/s1. The Bertz CT molecular complexity index is 768. The number of amides is 2. The number of fused-ring (bicyclic) bond motifs is 2. The molecular formula is C19H22N2O4S. The number of rotatable bonds is 3. The van der Waals surface area contributed by atoms with Gasteiger partial charge < -0.3 is 14.5 Å². The van der Waals surface area contributed by atoms with E-state index in [9.17, 15) is 14.4 Å². The molecule has 1 aromatic rings. The van der Waals surface area contributed by atoms with Gasteiger partial charge in [0.05, 0.1) is 4.87 Å². The summed E-state index contributed by atoms with van der Waals surface area (Å²) in [6.45, 7) is 2.34. The van der Waals surface area contributed by atoms with E-state index in [1.165, 1.54) is 0 Å². The molecule has 1 aromatic carbocycles. The summed E-state index contributed by atoms with van der Waals surface area (Å²) >= 11 is 1.62. The maximum atomic E-state index is 12.6. The molecule has 0 aliphatic carbocycles. The number of hydrogen-bond acceptors (Lipinski definition) is 5. The predicted molar refractivity (Wildman–Crippen MR) is 98.8 cm³/mol. The number of ether oxygens (including phenoxy) is 1. The summed E-state index contributed by atoms with van der Waals surface area (Å²) < 4.78 is 5.32. The second-order valence-electron chi connectivity index (χ2n) is 7.15. The van der Waals surface area contributed by atoms with E-state index in [1.54, 1.807) is 21.6 Å². The normalized spacial score (nSPS) is 27.3. The number of carbonyl (C=O) groups excluding carboxylic acids is 3. The van der Waals surface area contributed by atoms with Crippen molar-refractivity contribution in [1.82, 2.24) is 4.90 Å². The number of anilines is 1. The molecule has 4 rings (SSSR count). The topological polar surface area (TPSA) is 66.9 Å². The van der Waals surface area contributed by atoms with Crippen molar-refractivity contribution >= 4 is 35.2 Å². The van der Waals surface area contributed by atoms with Gasteiger partial charge in [-0.3, -0.25) is 9.59 Å². The average molecular weight is 374 g/mol. The largest absolute Gasteiger partial charge is 0.454 e. The maximum Gasteiger partial charge on any atom is 0.330 e. The lowest BCUT2D eigenvalue weighted by atomic mass is 10.0. The molecule has 3 heterocycles. The van der Waals surface area contributed by atoms with Crippen LogP contribution >= 0.6 is 11.8 Å². The highest BCUT2D eigenvalue weighted by Crippen LogP contribution is 2.47. The summed E-state index contributed by atoms with van der Waals surface area (Å²) in [6, 6.07) is 7.24. The monoisotopic (exact) mass is 374 g/mol. The maximum absolute atomic E-state index is 12.6. The molecule has 0 radical (unpaired) electrons. The molecule has 3 aliphatic rings. The Morgan fingerprint density at radius 3 is 2.96 bits per heavy atom. The number of esters is 1. The Balaban J connectivity index is 1.40. The van der Waals surface area contributed by atoms with Gasteiger partial charge in [-0.2, -0.15) is 0 Å². The Morgan fingerprint density at radius 1 is 1.31 bits per heavy atom. The van der Waals surface area contributed by atoms with Crippen LogP contribution in [0.1, 0.15) is 31.7 Å². The summed E-state index contributed by atoms with van der Waals surface area (Å²) in [5, 5.41) is 0. The Kier molecular flexibility index (Phi) is 4.42. The lowest BCUT2D eigenvalue weighted by Gasteiger charge is -2.30. The molecule has 0 spiro atoms. The van der Waals surface area contributed by atoms with Gasteiger partial charge in [-0.1, -0.05) is 18.2 Å². The van der Waals surface area contributed by atoms with Crippen LogP contribution in [-0.4, -0.2) is 52.5 Å². The smallest absolute Gasteiger partial charge is 0.330 e. The van der Waals surface area contributed by atoms with Crippen molar-refractivity contribution in [1.29, 1.82) is 0 Å². The molecule has 2 amide bonds. The van der Waals surface area contributed by atoms with Crippen molar-refractivity contribution < 1.29 is 19.1 Å². The molecule has 0 aromatic heterocycles. The highest BCUT2D eigenvalue weighted by atomic mass is 32.2. The first kappa shape index (κ1) is 17.4. The van der Waals surface area contributed by atoms with Gasteiger partial charge in [0.25, 0.3) is 5.91 Å². The number of para-hydroxylation sites is 1. The molecule has 2 fully saturated rings. The average Bonchev–Trinajstić information content (AvgIpc) is 3.15. The summed E-state index contributed by atoms with van der Waals surface area (Å²) in [5.74, 6) is -0.167. The van der Waals surface area contributed by atoms with E-state index in [4.69, 9.17) is 4.74 Å². The van der Waals surface area contributed by atoms with Gasteiger partial charge >= 0.3 is 5.97 Å². The van der Waals surface area contributed by atoms with Gasteiger partial charge in [-0.05, 0) is 37.8 Å². The van der Waals surface area contributed by atoms with Crippen molar-refractivity contribution in [3.63, 3.8) is 0 Å². The molecule has 2 atom stereocenters. The minimum atomic E-state index is -0.582. The summed E-state index contributed by atoms with van der Waals surface area (Å²) in [6.07, 6.45) is 3.08. The second-order valence-corrected chi connectivity index (χ2v) is 8.65. The third kappa shape index (κ3) is 2.88. The predicted octanol–water partition coefficient (Wildman–Crippen LogP) is 1.96. The Morgan fingerprint density at radius 2 is 2.12 bits per heavy atom. The van der Waals surface area contributed by atoms with E-state index in [1.807, 2.05) is 31.2 Å². The van der Waals surface area contributed by atoms with Gasteiger partial charge in [-0.15, -0.1) is 11.8 Å². The van der Waals surface area contributed by atoms with Crippen LogP contribution < -0.4 is 4.90 Å². The fourth-order valence-electron chi connectivity index (χ4n) is 4.09. The van der Waals surface area contributed by atoms with E-state index in [0.717, 1.165) is 30.5 Å². The van der Waals surface area contributed by atoms with Crippen LogP contribution in [0.3, 0.4) is 0 Å². The SMILES string of the molecule is C[C@]12CCC(=O)N1[C@@H](C(=O)OCC(=O)N1CCCc3ccccc31)CS2. The van der Waals surface area contributed by atoms with Gasteiger partial charge in [-0.25, -0.2) is 4.79 Å². The van der Waals surface area contributed by atoms with Crippen molar-refractivity contribution in [3.05, 3.63) is 29.8 Å². The Labute approximate surface area is 156 Å². The number of thioether (sulfide) groups is 1. The molecule has 0 saturated carbocycles. The first-order chi connectivity index (χ1) is 12.5. The van der Waals surface area contributed by atoms with E-state index in [0.29, 0.717) is 18.7 Å². The van der Waals surface area contributed by atoms with Gasteiger partial charge in [0.2, 0.25) is 5.91 Å². The molecule has 0 N–H and O–H groups in total. The minimum Gasteiger partial charge on any atom is -0.454 e. The molecule has 3 aliphatic heterocycles. The molecule has 138 valence electrons. The molecular weight excluding hydrogens is 352 g/mol. The van der Waals surface area contributed by atoms with Crippen LogP contribution in [0, 0.1) is 0 Å². The van der Waals surface area contributed by atoms with Gasteiger partial charge in [0.1, 0.15) is 6.04 Å². The van der Waals surface area contributed by atoms with Crippen LogP contribution in [0.5, 0.6) is 0 Å². The fourth-order valence-corrected chi connectivity index (χ4v) is 5.51. The summed E-state index contributed by atoms with van der Waals surface area (Å²) in [4.78, 5) is 40.3. The van der Waals surface area contributed by atoms with E-state index in [2.05, 4.69) is 0 Å². The molecule has 7 heteroatoms. The second kappa shape index (κ2) is 6.61. The van der Waals surface area contributed by atoms with Crippen LogP contribution in [0.15, 0.2) is 24.3 Å². The van der Waals surface area contributed by atoms with Crippen LogP contribution in [0.25, 0.3) is 0 Å². The molecule has 0 unspecified atom stereocenters. The lowest BCUT2D eigenvalue weighted by Crippen LogP contribution is -2.47. The molecule has 26 heavy (non-hydrogen) atoms. The number of hydrogen-bond donors (Lipinski definition) is 0. The molecule has 6 nitrogen and oxygen atoms in total. The molecule has 0 bridgehead atoms. The zero-order chi connectivity index (χ0) is 18.3. The third-order valence-corrected chi connectivity index (χ3v) is 6.97. The lowest BCUT2D eigenvalue weighted by molar-refractivity contribution is -0.155. The van der Waals surface area contributed by atoms with Gasteiger partial charge in [0.15, 0.2) is 6.61 Å². The van der Waals surface area contributed by atoms with Crippen LogP contribution in [-0.2, 0) is 25.5 Å². The fraction of sp³-hybridized carbons (Fsp3) is 0.526. The van der Waals surface area contributed by atoms with Crippen molar-refractivity contribution in [2.24, 2.45) is 0 Å². The summed E-state index contributed by atoms with van der Waals surface area (Å²) in [5.41, 5.74) is 2.04. The Hall–Kier alpha value is -2.02. The molecule has 2 saturated heterocycles. The van der Waals surface area contributed by atoms with E-state index >= 15 is 0 Å². The van der Waals surface area contributed by atoms with Crippen molar-refractivity contribution in [2.45, 2.75) is 43.5 Å².